The first-order valence-electron chi connectivity index (χ1n) is 10.2. The predicted molar refractivity (Wildman–Crippen MR) is 128 cm³/mol. The van der Waals surface area contributed by atoms with Crippen molar-refractivity contribution in [2.75, 3.05) is 5.73 Å². The zero-order chi connectivity index (χ0) is 22.9. The molecule has 3 heterocycles. The van der Waals surface area contributed by atoms with Gasteiger partial charge in [-0.3, -0.25) is 4.98 Å². The number of halogens is 2. The fourth-order valence-corrected chi connectivity index (χ4v) is 3.62. The summed E-state index contributed by atoms with van der Waals surface area (Å²) in [5.74, 6) is 0.110. The second-order valence-electron chi connectivity index (χ2n) is 8.15. The molecule has 4 aromatic rings. The summed E-state index contributed by atoms with van der Waals surface area (Å²) in [4.78, 5) is 13.4. The highest BCUT2D eigenvalue weighted by atomic mass is 35.5. The third-order valence-electron chi connectivity index (χ3n) is 5.48. The Morgan fingerprint density at radius 1 is 0.969 bits per heavy atom. The molecule has 0 saturated carbocycles. The average Bonchev–Trinajstić information content (AvgIpc) is 3.24. The Balaban J connectivity index is 1.63. The molecular formula is C23H23Cl2N7. The van der Waals surface area contributed by atoms with E-state index in [0.717, 1.165) is 17.8 Å². The lowest BCUT2D eigenvalue weighted by molar-refractivity contribution is 0.486. The molecule has 4 rings (SSSR count). The van der Waals surface area contributed by atoms with Crippen LogP contribution in [0.4, 0.5) is 5.95 Å². The molecule has 2 N–H and O–H groups in total. The van der Waals surface area contributed by atoms with Crippen LogP contribution in [-0.4, -0.2) is 29.9 Å². The van der Waals surface area contributed by atoms with Gasteiger partial charge in [-0.05, 0) is 30.7 Å². The van der Waals surface area contributed by atoms with Crippen LogP contribution in [-0.2, 0) is 12.0 Å². The highest BCUT2D eigenvalue weighted by Crippen LogP contribution is 2.34. The van der Waals surface area contributed by atoms with Gasteiger partial charge in [0.2, 0.25) is 5.95 Å². The van der Waals surface area contributed by atoms with Crippen LogP contribution in [0.1, 0.15) is 38.6 Å². The molecule has 0 fully saturated rings. The third kappa shape index (κ3) is 4.59. The molecule has 0 radical (unpaired) electrons. The van der Waals surface area contributed by atoms with E-state index in [2.05, 4.69) is 47.1 Å². The van der Waals surface area contributed by atoms with Gasteiger partial charge in [-0.15, -0.1) is 5.10 Å². The number of nitrogens with two attached hydrogens (primary N) is 1. The van der Waals surface area contributed by atoms with Gasteiger partial charge in [0.15, 0.2) is 0 Å². The maximum absolute atomic E-state index is 6.36. The summed E-state index contributed by atoms with van der Waals surface area (Å²) in [6, 6.07) is 13.2. The van der Waals surface area contributed by atoms with Crippen molar-refractivity contribution in [3.05, 3.63) is 70.1 Å². The van der Waals surface area contributed by atoms with E-state index < -0.39 is 0 Å². The number of anilines is 1. The van der Waals surface area contributed by atoms with E-state index in [1.54, 1.807) is 22.9 Å². The van der Waals surface area contributed by atoms with Gasteiger partial charge in [0.1, 0.15) is 5.69 Å². The minimum absolute atomic E-state index is 0.0139. The quantitative estimate of drug-likeness (QED) is 0.406. The zero-order valence-electron chi connectivity index (χ0n) is 18.0. The normalized spacial score (nSPS) is 11.7. The Kier molecular flexibility index (Phi) is 6.13. The largest absolute Gasteiger partial charge is 0.368 e. The van der Waals surface area contributed by atoms with Crippen LogP contribution in [0.2, 0.25) is 10.0 Å². The van der Waals surface area contributed by atoms with Gasteiger partial charge in [-0.25, -0.2) is 14.6 Å². The second-order valence-corrected chi connectivity index (χ2v) is 8.94. The van der Waals surface area contributed by atoms with E-state index >= 15 is 0 Å². The van der Waals surface area contributed by atoms with Crippen LogP contribution in [0.15, 0.2) is 48.7 Å². The molecule has 0 spiro atoms. The number of nitrogen functional groups attached to an aromatic ring is 1. The molecule has 0 bridgehead atoms. The fourth-order valence-electron chi connectivity index (χ4n) is 3.22. The van der Waals surface area contributed by atoms with Gasteiger partial charge in [-0.1, -0.05) is 67.4 Å². The Morgan fingerprint density at radius 2 is 1.72 bits per heavy atom. The Morgan fingerprint density at radius 3 is 2.50 bits per heavy atom. The molecule has 164 valence electrons. The van der Waals surface area contributed by atoms with Gasteiger partial charge in [-0.2, -0.15) is 0 Å². The summed E-state index contributed by atoms with van der Waals surface area (Å²) in [5.41, 5.74) is 10.3. The first-order chi connectivity index (χ1) is 15.3. The molecule has 0 aliphatic heterocycles. The van der Waals surface area contributed by atoms with E-state index in [4.69, 9.17) is 33.9 Å². The van der Waals surface area contributed by atoms with E-state index in [-0.39, 0.29) is 11.4 Å². The van der Waals surface area contributed by atoms with Crippen molar-refractivity contribution in [1.29, 1.82) is 0 Å². The van der Waals surface area contributed by atoms with Gasteiger partial charge in [0.25, 0.3) is 0 Å². The lowest BCUT2D eigenvalue weighted by atomic mass is 9.86. The topological polar surface area (TPSA) is 95.4 Å². The number of pyridine rings is 1. The van der Waals surface area contributed by atoms with Crippen LogP contribution in [0, 0.1) is 0 Å². The van der Waals surface area contributed by atoms with Crippen molar-refractivity contribution in [3.63, 3.8) is 0 Å². The van der Waals surface area contributed by atoms with Crippen molar-refractivity contribution in [3.8, 4) is 22.6 Å². The maximum atomic E-state index is 6.36. The summed E-state index contributed by atoms with van der Waals surface area (Å²) in [7, 11) is 0. The highest BCUT2D eigenvalue weighted by molar-refractivity contribution is 6.43. The van der Waals surface area contributed by atoms with Crippen molar-refractivity contribution in [1.82, 2.24) is 29.9 Å². The molecular weight excluding hydrogens is 445 g/mol. The molecule has 3 aromatic heterocycles. The van der Waals surface area contributed by atoms with Crippen LogP contribution >= 0.6 is 23.2 Å². The number of benzene rings is 1. The van der Waals surface area contributed by atoms with Crippen molar-refractivity contribution < 1.29 is 0 Å². The Hall–Kier alpha value is -3.03. The molecule has 0 aliphatic rings. The summed E-state index contributed by atoms with van der Waals surface area (Å²) in [5, 5.41) is 9.35. The van der Waals surface area contributed by atoms with Crippen molar-refractivity contribution >= 4 is 29.2 Å². The molecule has 0 unspecified atom stereocenters. The lowest BCUT2D eigenvalue weighted by Gasteiger charge is -2.22. The van der Waals surface area contributed by atoms with Crippen molar-refractivity contribution in [2.24, 2.45) is 0 Å². The van der Waals surface area contributed by atoms with Crippen LogP contribution in [0.25, 0.3) is 22.6 Å². The average molecular weight is 468 g/mol. The molecule has 0 atom stereocenters. The second kappa shape index (κ2) is 8.84. The van der Waals surface area contributed by atoms with Crippen LogP contribution in [0.5, 0.6) is 0 Å². The number of hydrogen-bond donors (Lipinski definition) is 1. The summed E-state index contributed by atoms with van der Waals surface area (Å²) in [6.45, 7) is 7.04. The molecule has 32 heavy (non-hydrogen) atoms. The Bertz CT molecular complexity index is 1270. The van der Waals surface area contributed by atoms with Gasteiger partial charge >= 0.3 is 0 Å². The fraction of sp³-hybridized carbons (Fsp3) is 0.261. The van der Waals surface area contributed by atoms with E-state index in [0.29, 0.717) is 39.2 Å². The summed E-state index contributed by atoms with van der Waals surface area (Å²) >= 11 is 12.5. The first-order valence-corrected chi connectivity index (χ1v) is 11.0. The van der Waals surface area contributed by atoms with Crippen LogP contribution in [0.3, 0.4) is 0 Å². The maximum Gasteiger partial charge on any atom is 0.221 e. The van der Waals surface area contributed by atoms with Crippen molar-refractivity contribution in [2.45, 2.75) is 39.2 Å². The van der Waals surface area contributed by atoms with Gasteiger partial charge < -0.3 is 5.73 Å². The molecule has 0 saturated heterocycles. The van der Waals surface area contributed by atoms with Gasteiger partial charge in [0.05, 0.1) is 39.9 Å². The first kappa shape index (κ1) is 22.2. The van der Waals surface area contributed by atoms with Gasteiger partial charge in [0, 0.05) is 16.7 Å². The third-order valence-corrected chi connectivity index (χ3v) is 6.30. The predicted octanol–water partition coefficient (Wildman–Crippen LogP) is 5.42. The number of nitrogens with zero attached hydrogens (tertiary/aromatic N) is 6. The monoisotopic (exact) mass is 467 g/mol. The van der Waals surface area contributed by atoms with E-state index in [1.165, 1.54) is 0 Å². The number of hydrogen-bond acceptors (Lipinski definition) is 6. The van der Waals surface area contributed by atoms with E-state index in [9.17, 15) is 0 Å². The number of rotatable bonds is 6. The minimum Gasteiger partial charge on any atom is -0.368 e. The minimum atomic E-state index is 0.0139. The SMILES string of the molecule is CCC(C)(C)c1cccc(Cn2cc(-c3cc(-c4cccc(Cl)c4Cl)nc(N)n3)nn2)n1. The zero-order valence-corrected chi connectivity index (χ0v) is 19.6. The van der Waals surface area contributed by atoms with E-state index in [1.807, 2.05) is 24.4 Å². The Labute approximate surface area is 196 Å². The molecule has 1 aromatic carbocycles. The molecule has 9 heteroatoms. The number of aromatic nitrogens is 6. The molecule has 0 amide bonds. The molecule has 7 nitrogen and oxygen atoms in total. The van der Waals surface area contributed by atoms with Crippen LogP contribution < -0.4 is 5.73 Å². The molecule has 0 aliphatic carbocycles. The smallest absolute Gasteiger partial charge is 0.221 e. The lowest BCUT2D eigenvalue weighted by Crippen LogP contribution is -2.18. The summed E-state index contributed by atoms with van der Waals surface area (Å²) in [6.07, 6.45) is 2.81. The standard InChI is InChI=1S/C23H23Cl2N7/c1-4-23(2,3)20-10-5-7-14(27-20)12-32-13-19(30-31-32)18-11-17(28-22(26)29-18)15-8-6-9-16(24)21(15)25/h5-11,13H,4,12H2,1-3H3,(H2,26,28,29). The highest BCUT2D eigenvalue weighted by Gasteiger charge is 2.20. The summed E-state index contributed by atoms with van der Waals surface area (Å²) < 4.78 is 1.73.